The lowest BCUT2D eigenvalue weighted by Crippen LogP contribution is -2.39. The Labute approximate surface area is 159 Å². The summed E-state index contributed by atoms with van der Waals surface area (Å²) in [5.41, 5.74) is -0.364. The predicted molar refractivity (Wildman–Crippen MR) is 108 cm³/mol. The van der Waals surface area contributed by atoms with Crippen LogP contribution < -0.4 is 5.43 Å². The van der Waals surface area contributed by atoms with Crippen LogP contribution in [-0.2, 0) is 6.54 Å². The Morgan fingerprint density at radius 2 is 1.38 bits per heavy atom. The highest BCUT2D eigenvalue weighted by molar-refractivity contribution is 5.15. The second kappa shape index (κ2) is 13.0. The highest BCUT2D eigenvalue weighted by atomic mass is 16.4. The number of hydrogen-bond acceptors (Lipinski definition) is 3. The lowest BCUT2D eigenvalue weighted by Gasteiger charge is -2.29. The van der Waals surface area contributed by atoms with Crippen molar-refractivity contribution in [3.8, 4) is 5.75 Å². The molecule has 0 saturated heterocycles. The molecule has 1 rings (SSSR count). The van der Waals surface area contributed by atoms with Crippen molar-refractivity contribution in [3.05, 3.63) is 28.3 Å². The topological polar surface area (TPSA) is 50.4 Å². The van der Waals surface area contributed by atoms with Crippen LogP contribution in [-0.4, -0.2) is 30.2 Å². The fourth-order valence-corrected chi connectivity index (χ4v) is 3.41. The van der Waals surface area contributed by atoms with Gasteiger partial charge < -0.3 is 14.0 Å². The van der Waals surface area contributed by atoms with Crippen molar-refractivity contribution >= 4 is 0 Å². The number of rotatable bonds is 15. The average Bonchev–Trinajstić information content (AvgIpc) is 2.59. The van der Waals surface area contributed by atoms with Gasteiger partial charge in [-0.1, -0.05) is 71.1 Å². The minimum Gasteiger partial charge on any atom is -0.502 e. The van der Waals surface area contributed by atoms with E-state index in [-0.39, 0.29) is 11.2 Å². The van der Waals surface area contributed by atoms with Crippen LogP contribution >= 0.6 is 0 Å². The molecule has 0 amide bonds. The van der Waals surface area contributed by atoms with E-state index in [1.54, 1.807) is 0 Å². The van der Waals surface area contributed by atoms with Crippen molar-refractivity contribution in [1.82, 2.24) is 0 Å². The smallest absolute Gasteiger partial charge is 0.226 e. The molecule has 0 spiro atoms. The van der Waals surface area contributed by atoms with Gasteiger partial charge in [-0.3, -0.25) is 4.79 Å². The van der Waals surface area contributed by atoms with Gasteiger partial charge in [-0.15, -0.1) is 0 Å². The van der Waals surface area contributed by atoms with E-state index in [0.29, 0.717) is 12.3 Å². The Balaban J connectivity index is 2.04. The van der Waals surface area contributed by atoms with Crippen LogP contribution in [0, 0.1) is 0 Å². The largest absolute Gasteiger partial charge is 0.502 e. The zero-order valence-electron chi connectivity index (χ0n) is 17.3. The average molecular weight is 367 g/mol. The molecule has 26 heavy (non-hydrogen) atoms. The molecule has 1 aromatic rings. The van der Waals surface area contributed by atoms with Gasteiger partial charge in [0.25, 0.3) is 0 Å². The molecule has 0 fully saturated rings. The van der Waals surface area contributed by atoms with E-state index in [1.165, 1.54) is 83.1 Å². The van der Waals surface area contributed by atoms with Gasteiger partial charge in [-0.25, -0.2) is 0 Å². The number of hydrogen-bond donors (Lipinski definition) is 1. The van der Waals surface area contributed by atoms with Gasteiger partial charge in [0, 0.05) is 6.07 Å². The SMILES string of the molecule is CCCCCCCCCCCCCC[N+](C)(C)Cc1cc(=O)c(O)co1. The van der Waals surface area contributed by atoms with Gasteiger partial charge in [0.05, 0.1) is 20.6 Å². The van der Waals surface area contributed by atoms with Crippen molar-refractivity contribution < 1.29 is 14.0 Å². The minimum absolute atomic E-state index is 0.319. The molecule has 0 aliphatic rings. The maximum Gasteiger partial charge on any atom is 0.226 e. The highest BCUT2D eigenvalue weighted by Crippen LogP contribution is 2.14. The van der Waals surface area contributed by atoms with Crippen LogP contribution in [0.3, 0.4) is 0 Å². The summed E-state index contributed by atoms with van der Waals surface area (Å²) in [5.74, 6) is 0.316. The van der Waals surface area contributed by atoms with E-state index in [0.717, 1.165) is 17.3 Å². The van der Waals surface area contributed by atoms with Crippen molar-refractivity contribution in [1.29, 1.82) is 0 Å². The van der Waals surface area contributed by atoms with Gasteiger partial charge in [0.2, 0.25) is 5.43 Å². The molecule has 4 heteroatoms. The lowest BCUT2D eigenvalue weighted by molar-refractivity contribution is -0.904. The summed E-state index contributed by atoms with van der Waals surface area (Å²) in [6, 6.07) is 1.40. The van der Waals surface area contributed by atoms with E-state index in [2.05, 4.69) is 21.0 Å². The zero-order valence-corrected chi connectivity index (χ0v) is 17.3. The number of unbranched alkanes of at least 4 members (excludes halogenated alkanes) is 11. The molecule has 0 saturated carbocycles. The molecule has 0 radical (unpaired) electrons. The van der Waals surface area contributed by atoms with Gasteiger partial charge in [0.15, 0.2) is 11.5 Å². The summed E-state index contributed by atoms with van der Waals surface area (Å²) in [4.78, 5) is 11.5. The lowest BCUT2D eigenvalue weighted by atomic mass is 10.1. The quantitative estimate of drug-likeness (QED) is 0.323. The van der Waals surface area contributed by atoms with Gasteiger partial charge in [0.1, 0.15) is 12.8 Å². The van der Waals surface area contributed by atoms with Crippen LogP contribution in [0.25, 0.3) is 0 Å². The van der Waals surface area contributed by atoms with Crippen LogP contribution in [0.4, 0.5) is 0 Å². The van der Waals surface area contributed by atoms with Crippen LogP contribution in [0.15, 0.2) is 21.5 Å². The first-order chi connectivity index (χ1) is 12.4. The molecule has 0 bridgehead atoms. The summed E-state index contributed by atoms with van der Waals surface area (Å²) < 4.78 is 6.12. The molecule has 1 heterocycles. The molecule has 4 nitrogen and oxygen atoms in total. The third kappa shape index (κ3) is 10.6. The summed E-state index contributed by atoms with van der Waals surface area (Å²) in [7, 11) is 4.32. The minimum atomic E-state index is -0.364. The van der Waals surface area contributed by atoms with Gasteiger partial charge >= 0.3 is 0 Å². The Kier molecular flexibility index (Phi) is 11.3. The van der Waals surface area contributed by atoms with E-state index >= 15 is 0 Å². The number of aromatic hydroxyl groups is 1. The molecule has 0 aromatic carbocycles. The first-order valence-electron chi connectivity index (χ1n) is 10.6. The Hall–Kier alpha value is -1.29. The molecule has 0 aliphatic heterocycles. The van der Waals surface area contributed by atoms with Crippen molar-refractivity contribution in [2.24, 2.45) is 0 Å². The third-order valence-corrected chi connectivity index (χ3v) is 5.07. The molecule has 0 atom stereocenters. The third-order valence-electron chi connectivity index (χ3n) is 5.07. The highest BCUT2D eigenvalue weighted by Gasteiger charge is 2.17. The normalized spacial score (nSPS) is 11.8. The van der Waals surface area contributed by atoms with E-state index < -0.39 is 0 Å². The van der Waals surface area contributed by atoms with E-state index in [1.807, 2.05) is 0 Å². The fourth-order valence-electron chi connectivity index (χ4n) is 3.41. The zero-order chi connectivity index (χ0) is 19.3. The Bertz CT molecular complexity index is 536. The second-order valence-electron chi connectivity index (χ2n) is 8.30. The maximum absolute atomic E-state index is 11.5. The summed E-state index contributed by atoms with van der Waals surface area (Å²) in [6.07, 6.45) is 17.5. The maximum atomic E-state index is 11.5. The summed E-state index contributed by atoms with van der Waals surface area (Å²) >= 11 is 0. The molecule has 0 unspecified atom stereocenters. The monoisotopic (exact) mass is 366 g/mol. The predicted octanol–water partition coefficient (Wildman–Crippen LogP) is 5.62. The van der Waals surface area contributed by atoms with Crippen molar-refractivity contribution in [3.63, 3.8) is 0 Å². The number of quaternary nitrogens is 1. The fraction of sp³-hybridized carbons (Fsp3) is 0.773. The first-order valence-corrected chi connectivity index (χ1v) is 10.6. The second-order valence-corrected chi connectivity index (χ2v) is 8.30. The summed E-state index contributed by atoms with van der Waals surface area (Å²) in [5, 5.41) is 9.26. The van der Waals surface area contributed by atoms with Crippen LogP contribution in [0.1, 0.15) is 89.7 Å². The van der Waals surface area contributed by atoms with Gasteiger partial charge in [-0.2, -0.15) is 0 Å². The molecule has 0 aliphatic carbocycles. The Morgan fingerprint density at radius 3 is 1.88 bits per heavy atom. The van der Waals surface area contributed by atoms with Crippen LogP contribution in [0.2, 0.25) is 0 Å². The van der Waals surface area contributed by atoms with Crippen molar-refractivity contribution in [2.45, 2.75) is 90.5 Å². The molecular formula is C22H40NO3+. The molecular weight excluding hydrogens is 326 g/mol. The molecule has 1 aromatic heterocycles. The Morgan fingerprint density at radius 1 is 0.885 bits per heavy atom. The van der Waals surface area contributed by atoms with Gasteiger partial charge in [-0.05, 0) is 12.8 Å². The van der Waals surface area contributed by atoms with Crippen LogP contribution in [0.5, 0.6) is 5.75 Å². The van der Waals surface area contributed by atoms with E-state index in [9.17, 15) is 9.90 Å². The van der Waals surface area contributed by atoms with E-state index in [4.69, 9.17) is 4.42 Å². The molecule has 150 valence electrons. The molecule has 1 N–H and O–H groups in total. The van der Waals surface area contributed by atoms with Crippen molar-refractivity contribution in [2.75, 3.05) is 20.6 Å². The summed E-state index contributed by atoms with van der Waals surface area (Å²) in [6.45, 7) is 4.01. The number of nitrogens with zero attached hydrogens (tertiary/aromatic N) is 1. The first kappa shape index (κ1) is 22.8. The standard InChI is InChI=1S/C22H39NO3/c1-4-5-6-7-8-9-10-11-12-13-14-15-16-23(2,3)18-20-17-21(24)22(25)19-26-20/h17,19H,4-16,18H2,1-3H3/p+1.